The van der Waals surface area contributed by atoms with Crippen LogP contribution in [0, 0.1) is 0 Å². The maximum Gasteiger partial charge on any atom is 0.136 e. The quantitative estimate of drug-likeness (QED) is 0.190. The average molecular weight is 627 g/mol. The van der Waals surface area contributed by atoms with Crippen LogP contribution >= 0.6 is 0 Å². The summed E-state index contributed by atoms with van der Waals surface area (Å²) in [6.45, 7) is 0. The van der Waals surface area contributed by atoms with Crippen LogP contribution in [0.2, 0.25) is 0 Å². The maximum atomic E-state index is 6.24. The Morgan fingerprint density at radius 3 is 1.96 bits per heavy atom. The van der Waals surface area contributed by atoms with E-state index in [1.165, 1.54) is 38.3 Å². The van der Waals surface area contributed by atoms with Gasteiger partial charge < -0.3 is 13.9 Å². The van der Waals surface area contributed by atoms with Gasteiger partial charge in [0.2, 0.25) is 0 Å². The number of furan rings is 1. The zero-order chi connectivity index (χ0) is 32.3. The second-order valence-corrected chi connectivity index (χ2v) is 12.6. The Morgan fingerprint density at radius 1 is 0.408 bits per heavy atom. The van der Waals surface area contributed by atoms with Crippen LogP contribution < -0.4 is 4.90 Å². The van der Waals surface area contributed by atoms with E-state index >= 15 is 0 Å². The van der Waals surface area contributed by atoms with Gasteiger partial charge in [0, 0.05) is 44.2 Å². The molecule has 0 aliphatic heterocycles. The predicted octanol–water partition coefficient (Wildman–Crippen LogP) is 13.0. The van der Waals surface area contributed by atoms with Crippen LogP contribution in [0.25, 0.3) is 71.3 Å². The number of anilines is 3. The molecule has 0 atom stereocenters. The zero-order valence-corrected chi connectivity index (χ0v) is 26.6. The summed E-state index contributed by atoms with van der Waals surface area (Å²) in [7, 11) is 0. The van der Waals surface area contributed by atoms with Crippen LogP contribution in [0.4, 0.5) is 17.1 Å². The first-order valence-electron chi connectivity index (χ1n) is 16.7. The summed E-state index contributed by atoms with van der Waals surface area (Å²) in [6.07, 6.45) is 0. The minimum Gasteiger partial charge on any atom is -0.456 e. The molecule has 8 aromatic carbocycles. The number of hydrogen-bond donors (Lipinski definition) is 0. The summed E-state index contributed by atoms with van der Waals surface area (Å²) in [5.41, 5.74) is 11.0. The number of hydrogen-bond acceptors (Lipinski definition) is 2. The molecule has 230 valence electrons. The Balaban J connectivity index is 1.25. The van der Waals surface area contributed by atoms with Crippen LogP contribution in [0.1, 0.15) is 0 Å². The molecular formula is C46H30N2O. The Morgan fingerprint density at radius 2 is 1.08 bits per heavy atom. The first kappa shape index (κ1) is 27.5. The third-order valence-corrected chi connectivity index (χ3v) is 9.74. The Bertz CT molecular complexity index is 2830. The summed E-state index contributed by atoms with van der Waals surface area (Å²) in [4.78, 5) is 2.41. The molecule has 0 N–H and O–H groups in total. The standard InChI is InChI=1S/C46H30N2O/c1-3-13-31(14-4-1)37-17-7-10-20-42(37)47(35-24-23-32-29-46-41(28-33(32)27-35)40-19-9-12-22-45(40)49-46)36-25-26-39-38-18-8-11-21-43(38)48(44(39)30-36)34-15-5-2-6-16-34/h1-30H. The van der Waals surface area contributed by atoms with E-state index in [9.17, 15) is 0 Å². The van der Waals surface area contributed by atoms with Gasteiger partial charge in [-0.1, -0.05) is 115 Å². The summed E-state index contributed by atoms with van der Waals surface area (Å²) in [6, 6.07) is 65.1. The van der Waals surface area contributed by atoms with Gasteiger partial charge in [-0.2, -0.15) is 0 Å². The third-order valence-electron chi connectivity index (χ3n) is 9.74. The van der Waals surface area contributed by atoms with Crippen molar-refractivity contribution in [1.29, 1.82) is 0 Å². The van der Waals surface area contributed by atoms with E-state index in [1.807, 2.05) is 12.1 Å². The fourth-order valence-electron chi connectivity index (χ4n) is 7.51. The summed E-state index contributed by atoms with van der Waals surface area (Å²) < 4.78 is 8.63. The molecule has 0 fully saturated rings. The molecule has 49 heavy (non-hydrogen) atoms. The largest absolute Gasteiger partial charge is 0.456 e. The van der Waals surface area contributed by atoms with Crippen molar-refractivity contribution < 1.29 is 4.42 Å². The van der Waals surface area contributed by atoms with E-state index in [-0.39, 0.29) is 0 Å². The van der Waals surface area contributed by atoms with Crippen LogP contribution in [-0.2, 0) is 0 Å². The van der Waals surface area contributed by atoms with E-state index < -0.39 is 0 Å². The van der Waals surface area contributed by atoms with E-state index in [2.05, 4.69) is 179 Å². The first-order chi connectivity index (χ1) is 24.3. The summed E-state index contributed by atoms with van der Waals surface area (Å²) in [5, 5.41) is 7.04. The van der Waals surface area contributed by atoms with Gasteiger partial charge in [-0.3, -0.25) is 0 Å². The predicted molar refractivity (Wildman–Crippen MR) is 206 cm³/mol. The molecule has 10 rings (SSSR count). The van der Waals surface area contributed by atoms with Crippen LogP contribution in [0.3, 0.4) is 0 Å². The van der Waals surface area contributed by atoms with Gasteiger partial charge in [0.15, 0.2) is 0 Å². The fourth-order valence-corrected chi connectivity index (χ4v) is 7.51. The Labute approximate surface area is 283 Å². The van der Waals surface area contributed by atoms with Crippen molar-refractivity contribution in [2.24, 2.45) is 0 Å². The highest BCUT2D eigenvalue weighted by Crippen LogP contribution is 2.44. The van der Waals surface area contributed by atoms with Crippen molar-refractivity contribution in [1.82, 2.24) is 4.57 Å². The van der Waals surface area contributed by atoms with Gasteiger partial charge in [0.05, 0.1) is 16.7 Å². The number of para-hydroxylation sites is 4. The van der Waals surface area contributed by atoms with Crippen molar-refractivity contribution in [2.45, 2.75) is 0 Å². The molecule has 2 heterocycles. The van der Waals surface area contributed by atoms with Gasteiger partial charge in [0.25, 0.3) is 0 Å². The highest BCUT2D eigenvalue weighted by atomic mass is 16.3. The Hall–Kier alpha value is -6.58. The number of nitrogens with zero attached hydrogens (tertiary/aromatic N) is 2. The lowest BCUT2D eigenvalue weighted by Gasteiger charge is -2.28. The molecular weight excluding hydrogens is 597 g/mol. The molecule has 0 aliphatic carbocycles. The van der Waals surface area contributed by atoms with Gasteiger partial charge >= 0.3 is 0 Å². The van der Waals surface area contributed by atoms with Gasteiger partial charge in [-0.15, -0.1) is 0 Å². The molecule has 0 amide bonds. The lowest BCUT2D eigenvalue weighted by Crippen LogP contribution is -2.11. The number of rotatable bonds is 5. The normalized spacial score (nSPS) is 11.7. The smallest absolute Gasteiger partial charge is 0.136 e. The maximum absolute atomic E-state index is 6.24. The molecule has 10 aromatic rings. The van der Waals surface area contributed by atoms with Crippen molar-refractivity contribution in [3.05, 3.63) is 182 Å². The molecule has 3 heteroatoms. The topological polar surface area (TPSA) is 21.3 Å². The molecule has 0 aliphatic rings. The fraction of sp³-hybridized carbons (Fsp3) is 0. The van der Waals surface area contributed by atoms with Crippen molar-refractivity contribution >= 4 is 71.6 Å². The number of aromatic nitrogens is 1. The third kappa shape index (κ3) is 4.44. The molecule has 0 spiro atoms. The lowest BCUT2D eigenvalue weighted by molar-refractivity contribution is 0.669. The van der Waals surface area contributed by atoms with Crippen molar-refractivity contribution in [3.8, 4) is 16.8 Å². The first-order valence-corrected chi connectivity index (χ1v) is 16.7. The van der Waals surface area contributed by atoms with Crippen molar-refractivity contribution in [2.75, 3.05) is 4.90 Å². The molecule has 0 saturated heterocycles. The van der Waals surface area contributed by atoms with Crippen LogP contribution in [0.5, 0.6) is 0 Å². The highest BCUT2D eigenvalue weighted by molar-refractivity contribution is 6.12. The van der Waals surface area contributed by atoms with Crippen LogP contribution in [-0.4, -0.2) is 4.57 Å². The lowest BCUT2D eigenvalue weighted by atomic mass is 10.0. The molecule has 2 aromatic heterocycles. The minimum absolute atomic E-state index is 0.909. The molecule has 0 radical (unpaired) electrons. The number of fused-ring (bicyclic) bond motifs is 7. The summed E-state index contributed by atoms with van der Waals surface area (Å²) in [5.74, 6) is 0. The molecule has 0 saturated carbocycles. The van der Waals surface area contributed by atoms with Crippen molar-refractivity contribution in [3.63, 3.8) is 0 Å². The monoisotopic (exact) mass is 626 g/mol. The highest BCUT2D eigenvalue weighted by Gasteiger charge is 2.20. The zero-order valence-electron chi connectivity index (χ0n) is 26.6. The van der Waals surface area contributed by atoms with Gasteiger partial charge in [0.1, 0.15) is 11.2 Å². The second-order valence-electron chi connectivity index (χ2n) is 12.6. The van der Waals surface area contributed by atoms with Crippen LogP contribution in [0.15, 0.2) is 186 Å². The van der Waals surface area contributed by atoms with E-state index in [4.69, 9.17) is 4.42 Å². The van der Waals surface area contributed by atoms with Gasteiger partial charge in [-0.05, 0) is 83.1 Å². The average Bonchev–Trinajstić information content (AvgIpc) is 3.69. The second kappa shape index (κ2) is 11.0. The van der Waals surface area contributed by atoms with Gasteiger partial charge in [-0.25, -0.2) is 0 Å². The van der Waals surface area contributed by atoms with E-state index in [0.717, 1.165) is 50.1 Å². The molecule has 3 nitrogen and oxygen atoms in total. The SMILES string of the molecule is c1ccc(-c2ccccc2N(c2ccc3cc4oc5ccccc5c4cc3c2)c2ccc3c4ccccc4n(-c4ccccc4)c3c2)cc1. The van der Waals surface area contributed by atoms with E-state index in [0.29, 0.717) is 0 Å². The summed E-state index contributed by atoms with van der Waals surface area (Å²) >= 11 is 0. The molecule has 0 bridgehead atoms. The van der Waals surface area contributed by atoms with E-state index in [1.54, 1.807) is 0 Å². The minimum atomic E-state index is 0.909. The molecule has 0 unspecified atom stereocenters. The number of benzene rings is 8. The Kier molecular flexibility index (Phi) is 6.18.